The largest absolute Gasteiger partial charge is 0.362 e. The second kappa shape index (κ2) is 6.10. The van der Waals surface area contributed by atoms with Crippen molar-refractivity contribution in [3.63, 3.8) is 0 Å². The minimum absolute atomic E-state index is 0.201. The number of benzene rings is 1. The second-order valence-corrected chi connectivity index (χ2v) is 5.90. The quantitative estimate of drug-likeness (QED) is 0.586. The van der Waals surface area contributed by atoms with Crippen molar-refractivity contribution >= 4 is 34.8 Å². The molecule has 4 nitrogen and oxygen atoms in total. The van der Waals surface area contributed by atoms with Gasteiger partial charge in [-0.05, 0) is 36.5 Å². The van der Waals surface area contributed by atoms with Crippen LogP contribution in [-0.2, 0) is 6.42 Å². The molecule has 1 aromatic carbocycles. The number of hydrogen-bond acceptors (Lipinski definition) is 4. The lowest BCUT2D eigenvalue weighted by Crippen LogP contribution is -2.19. The highest BCUT2D eigenvalue weighted by molar-refractivity contribution is 6.37. The van der Waals surface area contributed by atoms with Crippen LogP contribution in [0, 0.1) is 0 Å². The van der Waals surface area contributed by atoms with E-state index in [9.17, 15) is 0 Å². The molecule has 110 valence electrons. The average Bonchev–Trinajstić information content (AvgIpc) is 2.50. The second-order valence-electron chi connectivity index (χ2n) is 5.08. The molecule has 0 saturated heterocycles. The summed E-state index contributed by atoms with van der Waals surface area (Å²) in [5, 5.41) is 4.30. The average molecular weight is 323 g/mol. The Hall–Kier alpha value is -1.49. The van der Waals surface area contributed by atoms with Gasteiger partial charge in [-0.15, -0.1) is 0 Å². The molecule has 2 aromatic rings. The van der Waals surface area contributed by atoms with Gasteiger partial charge in [0.15, 0.2) is 5.82 Å². The number of anilines is 2. The van der Waals surface area contributed by atoms with Gasteiger partial charge in [-0.2, -0.15) is 0 Å². The van der Waals surface area contributed by atoms with E-state index >= 15 is 0 Å². The number of rotatable bonds is 3. The van der Waals surface area contributed by atoms with E-state index in [0.29, 0.717) is 21.7 Å². The smallest absolute Gasteiger partial charge is 0.161 e. The van der Waals surface area contributed by atoms with Gasteiger partial charge >= 0.3 is 0 Å². The minimum Gasteiger partial charge on any atom is -0.362 e. The number of aromatic nitrogens is 1. The van der Waals surface area contributed by atoms with Crippen LogP contribution in [0.2, 0.25) is 10.0 Å². The normalized spacial score (nSPS) is 17.2. The van der Waals surface area contributed by atoms with Crippen molar-refractivity contribution in [2.24, 2.45) is 5.84 Å². The van der Waals surface area contributed by atoms with E-state index in [4.69, 9.17) is 29.0 Å². The first-order chi connectivity index (χ1) is 10.2. The topological polar surface area (TPSA) is 63.0 Å². The summed E-state index contributed by atoms with van der Waals surface area (Å²) in [6.07, 6.45) is 3.30. The maximum Gasteiger partial charge on any atom is 0.161 e. The van der Waals surface area contributed by atoms with Gasteiger partial charge in [0, 0.05) is 0 Å². The minimum atomic E-state index is 0.201. The Kier molecular flexibility index (Phi) is 4.19. The van der Waals surface area contributed by atoms with Gasteiger partial charge in [0.25, 0.3) is 0 Å². The van der Waals surface area contributed by atoms with Gasteiger partial charge in [-0.3, -0.25) is 0 Å². The molecule has 21 heavy (non-hydrogen) atoms. The Bertz CT molecular complexity index is 660. The zero-order chi connectivity index (χ0) is 14.8. The van der Waals surface area contributed by atoms with Crippen LogP contribution in [0.1, 0.15) is 30.0 Å². The maximum absolute atomic E-state index is 6.23. The molecule has 1 atom stereocenters. The molecule has 3 rings (SSSR count). The summed E-state index contributed by atoms with van der Waals surface area (Å²) in [5.74, 6) is 6.41. The van der Waals surface area contributed by atoms with Gasteiger partial charge in [0.2, 0.25) is 0 Å². The third-order valence-electron chi connectivity index (χ3n) is 3.75. The van der Waals surface area contributed by atoms with Crippen LogP contribution in [0.3, 0.4) is 0 Å². The summed E-state index contributed by atoms with van der Waals surface area (Å²) in [4.78, 5) is 4.35. The summed E-state index contributed by atoms with van der Waals surface area (Å²) in [7, 11) is 0. The Morgan fingerprint density at radius 2 is 1.90 bits per heavy atom. The highest BCUT2D eigenvalue weighted by Gasteiger charge is 2.21. The van der Waals surface area contributed by atoms with Gasteiger partial charge < -0.3 is 10.7 Å². The van der Waals surface area contributed by atoms with Crippen molar-refractivity contribution in [3.8, 4) is 0 Å². The predicted molar refractivity (Wildman–Crippen MR) is 87.8 cm³/mol. The number of hydrogen-bond donors (Lipinski definition) is 3. The number of fused-ring (bicyclic) bond motifs is 1. The molecule has 0 bridgehead atoms. The number of pyridine rings is 1. The van der Waals surface area contributed by atoms with Crippen LogP contribution in [0.25, 0.3) is 0 Å². The van der Waals surface area contributed by atoms with Crippen LogP contribution in [0.4, 0.5) is 11.6 Å². The molecule has 1 heterocycles. The number of nitrogens with zero attached hydrogens (tertiary/aromatic N) is 1. The predicted octanol–water partition coefficient (Wildman–Crippen LogP) is 4.16. The molecule has 1 aliphatic rings. The monoisotopic (exact) mass is 322 g/mol. The Morgan fingerprint density at radius 3 is 2.71 bits per heavy atom. The highest BCUT2D eigenvalue weighted by Crippen LogP contribution is 2.35. The molecule has 0 radical (unpaired) electrons. The number of halogens is 2. The third kappa shape index (κ3) is 2.93. The fraction of sp³-hybridized carbons (Fsp3) is 0.267. The van der Waals surface area contributed by atoms with Crippen LogP contribution < -0.4 is 16.6 Å². The molecule has 0 fully saturated rings. The van der Waals surface area contributed by atoms with Gasteiger partial charge in [0.1, 0.15) is 5.82 Å². The lowest BCUT2D eigenvalue weighted by atomic mass is 9.88. The number of hydrazine groups is 1. The van der Waals surface area contributed by atoms with E-state index in [0.717, 1.165) is 19.3 Å². The molecule has 1 aromatic heterocycles. The summed E-state index contributed by atoms with van der Waals surface area (Å²) in [6, 6.07) is 10.3. The first kappa shape index (κ1) is 14.4. The summed E-state index contributed by atoms with van der Waals surface area (Å²) >= 11 is 12.2. The Labute approximate surface area is 133 Å². The fourth-order valence-corrected chi connectivity index (χ4v) is 3.21. The number of aryl methyl sites for hydroxylation is 1. The highest BCUT2D eigenvalue weighted by atomic mass is 35.5. The standard InChI is InChI=1S/C15H16Cl2N4/c16-11-8-12(17)15(21-18)20-14(11)19-13-7-3-5-9-4-1-2-6-10(9)13/h1-2,4,6,8,13H,3,5,7,18H2,(H2,19,20,21). The summed E-state index contributed by atoms with van der Waals surface area (Å²) < 4.78 is 0. The van der Waals surface area contributed by atoms with Gasteiger partial charge in [-0.25, -0.2) is 10.8 Å². The van der Waals surface area contributed by atoms with E-state index in [1.807, 2.05) is 0 Å². The molecule has 0 spiro atoms. The molecule has 4 N–H and O–H groups in total. The van der Waals surface area contributed by atoms with Crippen molar-refractivity contribution in [3.05, 3.63) is 51.5 Å². The number of nitrogens with one attached hydrogen (secondary N) is 2. The van der Waals surface area contributed by atoms with Crippen LogP contribution in [0.15, 0.2) is 30.3 Å². The van der Waals surface area contributed by atoms with Crippen molar-refractivity contribution < 1.29 is 0 Å². The molecule has 1 unspecified atom stereocenters. The molecule has 0 saturated carbocycles. The van der Waals surface area contributed by atoms with Crippen LogP contribution in [0.5, 0.6) is 0 Å². The van der Waals surface area contributed by atoms with E-state index in [2.05, 4.69) is 40.0 Å². The first-order valence-electron chi connectivity index (χ1n) is 6.86. The summed E-state index contributed by atoms with van der Waals surface area (Å²) in [5.41, 5.74) is 5.16. The van der Waals surface area contributed by atoms with Crippen LogP contribution in [-0.4, -0.2) is 4.98 Å². The molecule has 0 aliphatic heterocycles. The van der Waals surface area contributed by atoms with Gasteiger partial charge in [-0.1, -0.05) is 47.5 Å². The maximum atomic E-state index is 6.23. The van der Waals surface area contributed by atoms with E-state index in [1.165, 1.54) is 11.1 Å². The van der Waals surface area contributed by atoms with Gasteiger partial charge in [0.05, 0.1) is 16.1 Å². The molecular weight excluding hydrogens is 307 g/mol. The molecule has 6 heteroatoms. The van der Waals surface area contributed by atoms with Crippen molar-refractivity contribution in [2.45, 2.75) is 25.3 Å². The SMILES string of the molecule is NNc1nc(NC2CCCc3ccccc32)c(Cl)cc1Cl. The zero-order valence-corrected chi connectivity index (χ0v) is 12.9. The third-order valence-corrected chi connectivity index (χ3v) is 4.32. The van der Waals surface area contributed by atoms with Crippen molar-refractivity contribution in [2.75, 3.05) is 10.7 Å². The van der Waals surface area contributed by atoms with Crippen LogP contribution >= 0.6 is 23.2 Å². The van der Waals surface area contributed by atoms with E-state index in [1.54, 1.807) is 6.07 Å². The van der Waals surface area contributed by atoms with E-state index < -0.39 is 0 Å². The Morgan fingerprint density at radius 1 is 1.14 bits per heavy atom. The van der Waals surface area contributed by atoms with Crippen molar-refractivity contribution in [1.82, 2.24) is 4.98 Å². The first-order valence-corrected chi connectivity index (χ1v) is 7.61. The van der Waals surface area contributed by atoms with Crippen molar-refractivity contribution in [1.29, 1.82) is 0 Å². The Balaban J connectivity index is 1.91. The molecular formula is C15H16Cl2N4. The number of nitrogens with two attached hydrogens (primary N) is 1. The lowest BCUT2D eigenvalue weighted by molar-refractivity contribution is 0.599. The molecule has 0 amide bonds. The van der Waals surface area contributed by atoms with E-state index in [-0.39, 0.29) is 6.04 Å². The molecule has 1 aliphatic carbocycles. The lowest BCUT2D eigenvalue weighted by Gasteiger charge is -2.27. The zero-order valence-electron chi connectivity index (χ0n) is 11.4. The fourth-order valence-electron chi connectivity index (χ4n) is 2.74. The number of nitrogen functional groups attached to an aromatic ring is 1. The summed E-state index contributed by atoms with van der Waals surface area (Å²) in [6.45, 7) is 0.